The van der Waals surface area contributed by atoms with Crippen molar-refractivity contribution in [3.8, 4) is 0 Å². The molecule has 0 aliphatic heterocycles. The summed E-state index contributed by atoms with van der Waals surface area (Å²) in [5, 5.41) is 6.37. The summed E-state index contributed by atoms with van der Waals surface area (Å²) >= 11 is 0. The number of nitrogens with zero attached hydrogens (tertiary/aromatic N) is 2. The summed E-state index contributed by atoms with van der Waals surface area (Å²) in [5.41, 5.74) is 5.64. The van der Waals surface area contributed by atoms with E-state index in [1.165, 1.54) is 6.20 Å². The van der Waals surface area contributed by atoms with E-state index in [0.29, 0.717) is 0 Å². The fourth-order valence-electron chi connectivity index (χ4n) is 1.34. The lowest BCUT2D eigenvalue weighted by molar-refractivity contribution is 0.0950. The number of carbonyl (C=O) groups excluding carboxylic acids is 1. The van der Waals surface area contributed by atoms with Crippen LogP contribution in [0, 0.1) is 0 Å². The van der Waals surface area contributed by atoms with Gasteiger partial charge in [0.25, 0.3) is 12.3 Å². The van der Waals surface area contributed by atoms with E-state index >= 15 is 0 Å². The highest BCUT2D eigenvalue weighted by atomic mass is 19.3. The van der Waals surface area contributed by atoms with Gasteiger partial charge in [0.15, 0.2) is 5.82 Å². The first-order chi connectivity index (χ1) is 7.56. The molecule has 1 heterocycles. The topological polar surface area (TPSA) is 72.9 Å². The minimum absolute atomic E-state index is 0.0150. The highest BCUT2D eigenvalue weighted by Crippen LogP contribution is 2.20. The number of aromatic nitrogens is 2. The molecule has 0 unspecified atom stereocenters. The maximum Gasteiger partial charge on any atom is 0.257 e. The number of halogens is 2. The molecule has 0 bridgehead atoms. The van der Waals surface area contributed by atoms with E-state index in [-0.39, 0.29) is 23.3 Å². The van der Waals surface area contributed by atoms with Crippen molar-refractivity contribution >= 4 is 11.7 Å². The lowest BCUT2D eigenvalue weighted by atomic mass is 10.3. The highest BCUT2D eigenvalue weighted by Gasteiger charge is 2.25. The molecular formula is C9H12F2N4O. The fourth-order valence-corrected chi connectivity index (χ4v) is 1.34. The van der Waals surface area contributed by atoms with Crippen LogP contribution < -0.4 is 11.1 Å². The molecule has 1 saturated carbocycles. The van der Waals surface area contributed by atoms with E-state index in [9.17, 15) is 13.6 Å². The lowest BCUT2D eigenvalue weighted by Gasteiger charge is -2.00. The first kappa shape index (κ1) is 10.8. The summed E-state index contributed by atoms with van der Waals surface area (Å²) in [6.45, 7) is -0.555. The van der Waals surface area contributed by atoms with Gasteiger partial charge in [-0.2, -0.15) is 5.10 Å². The van der Waals surface area contributed by atoms with Gasteiger partial charge >= 0.3 is 0 Å². The van der Waals surface area contributed by atoms with Crippen molar-refractivity contribution in [1.29, 1.82) is 0 Å². The summed E-state index contributed by atoms with van der Waals surface area (Å²) in [7, 11) is 0. The van der Waals surface area contributed by atoms with Crippen molar-refractivity contribution in [1.82, 2.24) is 15.1 Å². The van der Waals surface area contributed by atoms with Gasteiger partial charge in [-0.05, 0) is 12.8 Å². The second-order valence-electron chi connectivity index (χ2n) is 3.79. The lowest BCUT2D eigenvalue weighted by Crippen LogP contribution is -2.25. The predicted molar refractivity (Wildman–Crippen MR) is 53.1 cm³/mol. The zero-order chi connectivity index (χ0) is 11.7. The van der Waals surface area contributed by atoms with Crippen LogP contribution in [0.2, 0.25) is 0 Å². The Morgan fingerprint density at radius 2 is 2.38 bits per heavy atom. The first-order valence-electron chi connectivity index (χ1n) is 4.98. The molecule has 7 heteroatoms. The van der Waals surface area contributed by atoms with Crippen molar-refractivity contribution in [2.24, 2.45) is 0 Å². The van der Waals surface area contributed by atoms with E-state index < -0.39 is 13.0 Å². The summed E-state index contributed by atoms with van der Waals surface area (Å²) in [4.78, 5) is 11.6. The number of alkyl halides is 2. The number of nitrogens with two attached hydrogens (primary N) is 1. The average molecular weight is 230 g/mol. The Hall–Kier alpha value is -1.66. The van der Waals surface area contributed by atoms with Gasteiger partial charge in [-0.1, -0.05) is 0 Å². The molecule has 1 aromatic rings. The molecule has 16 heavy (non-hydrogen) atoms. The number of nitrogen functional groups attached to an aromatic ring is 1. The third-order valence-corrected chi connectivity index (χ3v) is 2.27. The second-order valence-corrected chi connectivity index (χ2v) is 3.79. The van der Waals surface area contributed by atoms with Crippen LogP contribution in [0.3, 0.4) is 0 Å². The normalized spacial score (nSPS) is 15.4. The van der Waals surface area contributed by atoms with E-state index in [1.54, 1.807) is 0 Å². The van der Waals surface area contributed by atoms with Crippen LogP contribution in [-0.4, -0.2) is 28.2 Å². The van der Waals surface area contributed by atoms with Crippen LogP contribution in [0.15, 0.2) is 6.20 Å². The van der Waals surface area contributed by atoms with Crippen LogP contribution in [0.4, 0.5) is 14.6 Å². The third-order valence-electron chi connectivity index (χ3n) is 2.27. The van der Waals surface area contributed by atoms with Crippen molar-refractivity contribution in [3.05, 3.63) is 11.8 Å². The smallest absolute Gasteiger partial charge is 0.257 e. The molecule has 1 aliphatic rings. The Bertz CT molecular complexity index is 400. The van der Waals surface area contributed by atoms with Gasteiger partial charge in [0.05, 0.1) is 0 Å². The summed E-state index contributed by atoms with van der Waals surface area (Å²) in [6, 6.07) is 0.199. The van der Waals surface area contributed by atoms with Crippen molar-refractivity contribution < 1.29 is 13.6 Å². The van der Waals surface area contributed by atoms with Gasteiger partial charge in [-0.15, -0.1) is 0 Å². The molecule has 88 valence electrons. The van der Waals surface area contributed by atoms with Gasteiger partial charge in [0.1, 0.15) is 12.1 Å². The average Bonchev–Trinajstić information content (AvgIpc) is 2.89. The van der Waals surface area contributed by atoms with Crippen LogP contribution in [-0.2, 0) is 6.54 Å². The predicted octanol–water partition coefficient (Wildman–Crippen LogP) is 0.623. The second kappa shape index (κ2) is 4.07. The monoisotopic (exact) mass is 230 g/mol. The fraction of sp³-hybridized carbons (Fsp3) is 0.556. The Kier molecular flexibility index (Phi) is 2.76. The third kappa shape index (κ3) is 2.47. The summed E-state index contributed by atoms with van der Waals surface area (Å²) in [6.07, 6.45) is 0.644. The zero-order valence-corrected chi connectivity index (χ0v) is 8.49. The van der Waals surface area contributed by atoms with Gasteiger partial charge < -0.3 is 11.1 Å². The Balaban J connectivity index is 2.07. The van der Waals surface area contributed by atoms with E-state index in [1.807, 2.05) is 0 Å². The minimum atomic E-state index is -2.52. The molecule has 1 aromatic heterocycles. The molecule has 0 atom stereocenters. The Morgan fingerprint density at radius 3 is 2.94 bits per heavy atom. The van der Waals surface area contributed by atoms with Crippen LogP contribution in [0.1, 0.15) is 23.2 Å². The molecule has 0 spiro atoms. The molecular weight excluding hydrogens is 218 g/mol. The van der Waals surface area contributed by atoms with Crippen LogP contribution >= 0.6 is 0 Å². The van der Waals surface area contributed by atoms with Crippen LogP contribution in [0.5, 0.6) is 0 Å². The molecule has 3 N–H and O–H groups in total. The number of amides is 1. The SMILES string of the molecule is Nc1nn(CC(F)F)cc1C(=O)NC1CC1. The maximum absolute atomic E-state index is 12.1. The maximum atomic E-state index is 12.1. The van der Waals surface area contributed by atoms with Crippen molar-refractivity contribution in [2.45, 2.75) is 31.9 Å². The zero-order valence-electron chi connectivity index (χ0n) is 8.49. The molecule has 2 rings (SSSR count). The summed E-state index contributed by atoms with van der Waals surface area (Å²) in [5.74, 6) is -0.362. The Morgan fingerprint density at radius 1 is 1.69 bits per heavy atom. The van der Waals surface area contributed by atoms with Gasteiger partial charge in [0.2, 0.25) is 0 Å². The van der Waals surface area contributed by atoms with Gasteiger partial charge in [-0.25, -0.2) is 8.78 Å². The largest absolute Gasteiger partial charge is 0.382 e. The molecule has 1 amide bonds. The molecule has 5 nitrogen and oxygen atoms in total. The van der Waals surface area contributed by atoms with Crippen molar-refractivity contribution in [2.75, 3.05) is 5.73 Å². The molecule has 0 saturated heterocycles. The first-order valence-corrected chi connectivity index (χ1v) is 4.98. The van der Waals surface area contributed by atoms with Crippen molar-refractivity contribution in [3.63, 3.8) is 0 Å². The number of anilines is 1. The number of nitrogens with one attached hydrogen (secondary N) is 1. The van der Waals surface area contributed by atoms with Gasteiger partial charge in [-0.3, -0.25) is 9.48 Å². The van der Waals surface area contributed by atoms with E-state index in [0.717, 1.165) is 17.5 Å². The Labute approximate surface area is 90.6 Å². The number of carbonyl (C=O) groups is 1. The minimum Gasteiger partial charge on any atom is -0.382 e. The quantitative estimate of drug-likeness (QED) is 0.796. The van der Waals surface area contributed by atoms with E-state index in [4.69, 9.17) is 5.73 Å². The highest BCUT2D eigenvalue weighted by molar-refractivity contribution is 5.98. The molecule has 1 aliphatic carbocycles. The number of rotatable bonds is 4. The molecule has 0 radical (unpaired) electrons. The molecule has 0 aromatic carbocycles. The standard InChI is InChI=1S/C9H12F2N4O/c10-7(11)4-15-3-6(8(12)14-15)9(16)13-5-1-2-5/h3,5,7H,1-2,4H2,(H2,12,14)(H,13,16). The number of hydrogen-bond acceptors (Lipinski definition) is 3. The van der Waals surface area contributed by atoms with Gasteiger partial charge in [0, 0.05) is 12.2 Å². The molecule has 1 fully saturated rings. The van der Waals surface area contributed by atoms with Crippen LogP contribution in [0.25, 0.3) is 0 Å². The number of hydrogen-bond donors (Lipinski definition) is 2. The summed E-state index contributed by atoms with van der Waals surface area (Å²) < 4.78 is 25.1. The van der Waals surface area contributed by atoms with E-state index in [2.05, 4.69) is 10.4 Å².